The van der Waals surface area contributed by atoms with E-state index in [-0.39, 0.29) is 12.5 Å². The first-order valence-corrected chi connectivity index (χ1v) is 6.87. The first-order chi connectivity index (χ1) is 8.31. The van der Waals surface area contributed by atoms with Gasteiger partial charge in [-0.15, -0.1) is 11.3 Å². The van der Waals surface area contributed by atoms with Crippen LogP contribution in [0.1, 0.15) is 18.7 Å². The lowest BCUT2D eigenvalue weighted by Gasteiger charge is -2.18. The Morgan fingerprint density at radius 1 is 1.50 bits per heavy atom. The molecule has 0 aliphatic carbocycles. The minimum atomic E-state index is -0.963. The van der Waals surface area contributed by atoms with Crippen LogP contribution >= 0.6 is 27.3 Å². The molecule has 1 rings (SSSR count). The summed E-state index contributed by atoms with van der Waals surface area (Å²) in [7, 11) is 0. The van der Waals surface area contributed by atoms with Gasteiger partial charge in [-0.3, -0.25) is 9.59 Å². The number of thiophene rings is 1. The summed E-state index contributed by atoms with van der Waals surface area (Å²) in [5.41, 5.74) is -0.963. The number of rotatable bonds is 5. The van der Waals surface area contributed by atoms with Gasteiger partial charge in [0.25, 0.3) is 0 Å². The van der Waals surface area contributed by atoms with Gasteiger partial charge in [0.2, 0.25) is 5.91 Å². The van der Waals surface area contributed by atoms with Gasteiger partial charge in [-0.1, -0.05) is 0 Å². The molecule has 0 aromatic carbocycles. The average molecular weight is 332 g/mol. The van der Waals surface area contributed by atoms with Crippen molar-refractivity contribution in [2.45, 2.75) is 13.8 Å². The summed E-state index contributed by atoms with van der Waals surface area (Å²) in [6.45, 7) is 3.23. The fourth-order valence-electron chi connectivity index (χ4n) is 1.02. The van der Waals surface area contributed by atoms with Gasteiger partial charge in [0.05, 0.1) is 9.20 Å². The molecule has 98 valence electrons. The first kappa shape index (κ1) is 14.9. The summed E-state index contributed by atoms with van der Waals surface area (Å²) in [5, 5.41) is 11.5. The average Bonchev–Trinajstić information content (AvgIpc) is 2.69. The molecule has 0 atom stereocenters. The monoisotopic (exact) mass is 331 g/mol. The molecule has 0 saturated carbocycles. The van der Waals surface area contributed by atoms with Gasteiger partial charge in [-0.2, -0.15) is 0 Å². The van der Waals surface area contributed by atoms with Crippen LogP contribution in [0, 0.1) is 5.41 Å². The predicted molar refractivity (Wildman–Crippen MR) is 75.5 cm³/mol. The molecular formula is C12H14BrNO3S. The summed E-state index contributed by atoms with van der Waals surface area (Å²) in [6.07, 6.45) is 3.09. The predicted octanol–water partition coefficient (Wildman–Crippen LogP) is 2.75. The van der Waals surface area contributed by atoms with E-state index in [1.165, 1.54) is 17.4 Å². The smallest absolute Gasteiger partial charge is 0.310 e. The number of hydrogen-bond donors (Lipinski definition) is 2. The van der Waals surface area contributed by atoms with E-state index in [1.807, 2.05) is 12.1 Å². The number of carbonyl (C=O) groups is 2. The van der Waals surface area contributed by atoms with Crippen molar-refractivity contribution in [3.05, 3.63) is 26.9 Å². The molecular weight excluding hydrogens is 318 g/mol. The van der Waals surface area contributed by atoms with Crippen LogP contribution in [0.4, 0.5) is 0 Å². The van der Waals surface area contributed by atoms with E-state index in [1.54, 1.807) is 19.9 Å². The zero-order chi connectivity index (χ0) is 13.8. The third kappa shape index (κ3) is 4.62. The molecule has 1 aromatic heterocycles. The van der Waals surface area contributed by atoms with E-state index >= 15 is 0 Å². The van der Waals surface area contributed by atoms with Crippen molar-refractivity contribution in [3.8, 4) is 0 Å². The number of nitrogens with one attached hydrogen (secondary N) is 1. The molecule has 0 spiro atoms. The van der Waals surface area contributed by atoms with Crippen molar-refractivity contribution in [1.82, 2.24) is 5.32 Å². The van der Waals surface area contributed by atoms with Gasteiger partial charge in [-0.05, 0) is 48.0 Å². The number of aliphatic carboxylic acids is 1. The summed E-state index contributed by atoms with van der Waals surface area (Å²) >= 11 is 4.84. The minimum absolute atomic E-state index is 0.0969. The molecule has 18 heavy (non-hydrogen) atoms. The van der Waals surface area contributed by atoms with E-state index in [0.29, 0.717) is 0 Å². The highest BCUT2D eigenvalue weighted by Crippen LogP contribution is 2.22. The van der Waals surface area contributed by atoms with Crippen molar-refractivity contribution >= 4 is 45.2 Å². The van der Waals surface area contributed by atoms with Crippen LogP contribution in [-0.2, 0) is 9.59 Å². The maximum atomic E-state index is 11.5. The summed E-state index contributed by atoms with van der Waals surface area (Å²) in [6, 6.07) is 3.79. The molecule has 1 aromatic rings. The fraction of sp³-hybridized carbons (Fsp3) is 0.333. The maximum absolute atomic E-state index is 11.5. The van der Waals surface area contributed by atoms with Crippen LogP contribution < -0.4 is 5.32 Å². The van der Waals surface area contributed by atoms with E-state index in [2.05, 4.69) is 21.2 Å². The number of hydrogen-bond acceptors (Lipinski definition) is 3. The molecule has 0 aliphatic rings. The number of carboxylic acids is 1. The highest BCUT2D eigenvalue weighted by atomic mass is 79.9. The zero-order valence-electron chi connectivity index (χ0n) is 10.1. The van der Waals surface area contributed by atoms with Gasteiger partial charge in [-0.25, -0.2) is 0 Å². The summed E-state index contributed by atoms with van der Waals surface area (Å²) in [4.78, 5) is 23.3. The Morgan fingerprint density at radius 3 is 2.67 bits per heavy atom. The van der Waals surface area contributed by atoms with E-state index in [9.17, 15) is 9.59 Å². The third-order valence-corrected chi connectivity index (χ3v) is 3.87. The topological polar surface area (TPSA) is 66.4 Å². The van der Waals surface area contributed by atoms with Gasteiger partial charge >= 0.3 is 5.97 Å². The van der Waals surface area contributed by atoms with Gasteiger partial charge in [0.1, 0.15) is 0 Å². The Kier molecular flexibility index (Phi) is 5.10. The number of carbonyl (C=O) groups excluding carboxylic acids is 1. The Balaban J connectivity index is 2.48. The molecule has 1 heterocycles. The molecule has 0 unspecified atom stereocenters. The first-order valence-electron chi connectivity index (χ1n) is 5.26. The van der Waals surface area contributed by atoms with Crippen LogP contribution in [0.5, 0.6) is 0 Å². The van der Waals surface area contributed by atoms with Crippen LogP contribution in [0.2, 0.25) is 0 Å². The summed E-state index contributed by atoms with van der Waals surface area (Å²) < 4.78 is 0.995. The molecule has 4 nitrogen and oxygen atoms in total. The number of amides is 1. The molecule has 1 amide bonds. The lowest BCUT2D eigenvalue weighted by molar-refractivity contribution is -0.146. The fourth-order valence-corrected chi connectivity index (χ4v) is 2.34. The van der Waals surface area contributed by atoms with Crippen molar-refractivity contribution < 1.29 is 14.7 Å². The highest BCUT2D eigenvalue weighted by molar-refractivity contribution is 9.11. The van der Waals surface area contributed by atoms with Crippen molar-refractivity contribution in [1.29, 1.82) is 0 Å². The minimum Gasteiger partial charge on any atom is -0.481 e. The lowest BCUT2D eigenvalue weighted by atomic mass is 9.94. The summed E-state index contributed by atoms with van der Waals surface area (Å²) in [5.74, 6) is -1.23. The van der Waals surface area contributed by atoms with E-state index < -0.39 is 11.4 Å². The van der Waals surface area contributed by atoms with Crippen LogP contribution in [0.25, 0.3) is 6.08 Å². The van der Waals surface area contributed by atoms with Crippen LogP contribution in [-0.4, -0.2) is 23.5 Å². The second-order valence-electron chi connectivity index (χ2n) is 4.38. The van der Waals surface area contributed by atoms with Crippen molar-refractivity contribution in [3.63, 3.8) is 0 Å². The Hall–Kier alpha value is -1.14. The van der Waals surface area contributed by atoms with Crippen LogP contribution in [0.3, 0.4) is 0 Å². The normalized spacial score (nSPS) is 11.7. The van der Waals surface area contributed by atoms with E-state index in [4.69, 9.17) is 5.11 Å². The molecule has 0 aliphatic heterocycles. The maximum Gasteiger partial charge on any atom is 0.310 e. The van der Waals surface area contributed by atoms with E-state index in [0.717, 1.165) is 8.66 Å². The third-order valence-electron chi connectivity index (χ3n) is 2.28. The molecule has 0 fully saturated rings. The molecule has 0 bridgehead atoms. The Morgan fingerprint density at radius 2 is 2.17 bits per heavy atom. The molecule has 0 saturated heterocycles. The largest absolute Gasteiger partial charge is 0.481 e. The zero-order valence-corrected chi connectivity index (χ0v) is 12.5. The highest BCUT2D eigenvalue weighted by Gasteiger charge is 2.27. The van der Waals surface area contributed by atoms with Gasteiger partial charge < -0.3 is 10.4 Å². The standard InChI is InChI=1S/C12H14BrNO3S/c1-12(2,11(16)17)7-14-10(15)6-4-8-3-5-9(13)18-8/h3-6H,7H2,1-2H3,(H,14,15)(H,16,17)/b6-4+. The number of carboxylic acid groups (broad SMARTS) is 1. The van der Waals surface area contributed by atoms with Crippen molar-refractivity contribution in [2.75, 3.05) is 6.54 Å². The second-order valence-corrected chi connectivity index (χ2v) is 6.88. The van der Waals surface area contributed by atoms with Gasteiger partial charge in [0, 0.05) is 17.5 Å². The SMILES string of the molecule is CC(C)(CNC(=O)/C=C/c1ccc(Br)s1)C(=O)O. The lowest BCUT2D eigenvalue weighted by Crippen LogP contribution is -2.38. The molecule has 6 heteroatoms. The quantitative estimate of drug-likeness (QED) is 0.815. The van der Waals surface area contributed by atoms with Gasteiger partial charge in [0.15, 0.2) is 0 Å². The van der Waals surface area contributed by atoms with Crippen molar-refractivity contribution in [2.24, 2.45) is 5.41 Å². The number of halogens is 1. The Bertz CT molecular complexity index is 479. The molecule has 0 radical (unpaired) electrons. The van der Waals surface area contributed by atoms with Crippen LogP contribution in [0.15, 0.2) is 22.0 Å². The Labute approximate surface area is 118 Å². The molecule has 2 N–H and O–H groups in total. The second kappa shape index (κ2) is 6.15.